The third kappa shape index (κ3) is 3.70. The molecule has 0 atom stereocenters. The van der Waals surface area contributed by atoms with Crippen LogP contribution in [0.1, 0.15) is 38.8 Å². The molecule has 1 aromatic heterocycles. The lowest BCUT2D eigenvalue weighted by atomic mass is 10.1. The van der Waals surface area contributed by atoms with Crippen LogP contribution in [-0.4, -0.2) is 16.6 Å². The molecule has 0 aliphatic carbocycles. The molecule has 0 saturated heterocycles. The number of nitrogens with zero attached hydrogens (tertiary/aromatic N) is 2. The maximum Gasteiger partial charge on any atom is 0.161 e. The Balaban J connectivity index is 2.35. The highest BCUT2D eigenvalue weighted by atomic mass is 35.5. The second kappa shape index (κ2) is 6.71. The zero-order valence-corrected chi connectivity index (χ0v) is 12.8. The van der Waals surface area contributed by atoms with Gasteiger partial charge in [-0.3, -0.25) is 0 Å². The predicted octanol–water partition coefficient (Wildman–Crippen LogP) is 4.71. The van der Waals surface area contributed by atoms with Crippen LogP contribution in [0.5, 0.6) is 5.75 Å². The molecule has 106 valence electrons. The summed E-state index contributed by atoms with van der Waals surface area (Å²) >= 11 is 6.09. The van der Waals surface area contributed by atoms with Gasteiger partial charge in [-0.2, -0.15) is 0 Å². The molecule has 0 saturated carbocycles. The topological polar surface area (TPSA) is 35.0 Å². The molecule has 0 unspecified atom stereocenters. The fourth-order valence-corrected chi connectivity index (χ4v) is 2.00. The van der Waals surface area contributed by atoms with E-state index in [2.05, 4.69) is 30.7 Å². The van der Waals surface area contributed by atoms with Gasteiger partial charge in [0.2, 0.25) is 0 Å². The number of aromatic nitrogens is 2. The van der Waals surface area contributed by atoms with E-state index in [1.54, 1.807) is 0 Å². The zero-order chi connectivity index (χ0) is 14.5. The molecular weight excluding hydrogens is 272 g/mol. The molecule has 2 rings (SSSR count). The van der Waals surface area contributed by atoms with Gasteiger partial charge in [0, 0.05) is 11.3 Å². The fourth-order valence-electron chi connectivity index (χ4n) is 1.80. The van der Waals surface area contributed by atoms with E-state index in [9.17, 15) is 0 Å². The molecule has 0 fully saturated rings. The first-order valence-electron chi connectivity index (χ1n) is 6.88. The van der Waals surface area contributed by atoms with Crippen LogP contribution in [-0.2, 0) is 0 Å². The van der Waals surface area contributed by atoms with Gasteiger partial charge in [0.05, 0.1) is 6.61 Å². The van der Waals surface area contributed by atoms with E-state index in [1.807, 2.05) is 30.3 Å². The van der Waals surface area contributed by atoms with E-state index in [1.165, 1.54) is 0 Å². The van der Waals surface area contributed by atoms with Gasteiger partial charge in [-0.25, -0.2) is 9.97 Å². The number of ether oxygens (including phenoxy) is 1. The summed E-state index contributed by atoms with van der Waals surface area (Å²) in [6.45, 7) is 6.96. The normalized spacial score (nSPS) is 10.8. The number of rotatable bonds is 5. The monoisotopic (exact) mass is 290 g/mol. The minimum atomic E-state index is 0.314. The first kappa shape index (κ1) is 14.8. The molecule has 3 nitrogen and oxygen atoms in total. The largest absolute Gasteiger partial charge is 0.494 e. The van der Waals surface area contributed by atoms with Crippen molar-refractivity contribution in [1.29, 1.82) is 0 Å². The van der Waals surface area contributed by atoms with Crippen molar-refractivity contribution >= 4 is 11.6 Å². The van der Waals surface area contributed by atoms with Crippen molar-refractivity contribution < 1.29 is 4.74 Å². The Morgan fingerprint density at radius 2 is 2.00 bits per heavy atom. The molecule has 0 bridgehead atoms. The first-order valence-corrected chi connectivity index (χ1v) is 7.25. The summed E-state index contributed by atoms with van der Waals surface area (Å²) in [6.07, 6.45) is 0.982. The maximum absolute atomic E-state index is 6.09. The van der Waals surface area contributed by atoms with Crippen molar-refractivity contribution in [3.05, 3.63) is 41.2 Å². The van der Waals surface area contributed by atoms with Crippen LogP contribution in [0.4, 0.5) is 0 Å². The van der Waals surface area contributed by atoms with Gasteiger partial charge >= 0.3 is 0 Å². The lowest BCUT2D eigenvalue weighted by Gasteiger charge is -2.09. The van der Waals surface area contributed by atoms with Crippen molar-refractivity contribution in [2.75, 3.05) is 6.61 Å². The van der Waals surface area contributed by atoms with Crippen LogP contribution in [0.25, 0.3) is 11.4 Å². The van der Waals surface area contributed by atoms with Crippen LogP contribution in [0.3, 0.4) is 0 Å². The Morgan fingerprint density at radius 3 is 2.70 bits per heavy atom. The Hall–Kier alpha value is -1.61. The lowest BCUT2D eigenvalue weighted by Crippen LogP contribution is -1.99. The molecule has 4 heteroatoms. The smallest absolute Gasteiger partial charge is 0.161 e. The molecule has 1 heterocycles. The lowest BCUT2D eigenvalue weighted by molar-refractivity contribution is 0.317. The third-order valence-corrected chi connectivity index (χ3v) is 3.06. The Morgan fingerprint density at radius 1 is 1.20 bits per heavy atom. The summed E-state index contributed by atoms with van der Waals surface area (Å²) in [5.74, 6) is 1.79. The van der Waals surface area contributed by atoms with E-state index >= 15 is 0 Å². The van der Waals surface area contributed by atoms with E-state index in [4.69, 9.17) is 16.3 Å². The summed E-state index contributed by atoms with van der Waals surface area (Å²) in [5.41, 5.74) is 1.86. The van der Waals surface area contributed by atoms with Crippen LogP contribution in [0.15, 0.2) is 30.3 Å². The minimum absolute atomic E-state index is 0.314. The van der Waals surface area contributed by atoms with Gasteiger partial charge in [0.25, 0.3) is 0 Å². The van der Waals surface area contributed by atoms with Gasteiger partial charge in [-0.1, -0.05) is 44.5 Å². The number of hydrogen-bond acceptors (Lipinski definition) is 3. The number of hydrogen-bond donors (Lipinski definition) is 0. The molecule has 20 heavy (non-hydrogen) atoms. The van der Waals surface area contributed by atoms with Crippen molar-refractivity contribution in [2.45, 2.75) is 33.1 Å². The van der Waals surface area contributed by atoms with Crippen molar-refractivity contribution in [1.82, 2.24) is 9.97 Å². The summed E-state index contributed by atoms with van der Waals surface area (Å²) in [6, 6.07) is 9.61. The quantitative estimate of drug-likeness (QED) is 0.748. The minimum Gasteiger partial charge on any atom is -0.494 e. The molecule has 0 amide bonds. The van der Waals surface area contributed by atoms with Gasteiger partial charge < -0.3 is 4.74 Å². The van der Waals surface area contributed by atoms with Crippen molar-refractivity contribution in [2.24, 2.45) is 0 Å². The standard InChI is InChI=1S/C16H19ClN2O/c1-4-8-20-13-7-5-6-12(9-13)16-18-14(11(2)3)10-15(17)19-16/h5-7,9-11H,4,8H2,1-3H3. The summed E-state index contributed by atoms with van der Waals surface area (Å²) in [7, 11) is 0. The zero-order valence-electron chi connectivity index (χ0n) is 12.1. The van der Waals surface area contributed by atoms with E-state index in [0.29, 0.717) is 23.5 Å². The molecule has 0 N–H and O–H groups in total. The molecule has 0 radical (unpaired) electrons. The highest BCUT2D eigenvalue weighted by Gasteiger charge is 2.09. The molecule has 0 aliphatic rings. The van der Waals surface area contributed by atoms with Crippen LogP contribution >= 0.6 is 11.6 Å². The van der Waals surface area contributed by atoms with E-state index in [-0.39, 0.29) is 0 Å². The summed E-state index contributed by atoms with van der Waals surface area (Å²) in [4.78, 5) is 8.88. The first-order chi connectivity index (χ1) is 9.60. The molecule has 0 aliphatic heterocycles. The molecule has 2 aromatic rings. The van der Waals surface area contributed by atoms with Gasteiger partial charge in [0.15, 0.2) is 5.82 Å². The number of halogens is 1. The highest BCUT2D eigenvalue weighted by Crippen LogP contribution is 2.24. The Kier molecular flexibility index (Phi) is 4.96. The molecule has 1 aromatic carbocycles. The molecule has 0 spiro atoms. The van der Waals surface area contributed by atoms with Gasteiger partial charge in [0.1, 0.15) is 10.9 Å². The maximum atomic E-state index is 6.09. The summed E-state index contributed by atoms with van der Waals surface area (Å²) in [5, 5.41) is 0.471. The van der Waals surface area contributed by atoms with Crippen LogP contribution in [0, 0.1) is 0 Å². The van der Waals surface area contributed by atoms with Gasteiger partial charge in [-0.15, -0.1) is 0 Å². The number of benzene rings is 1. The van der Waals surface area contributed by atoms with Crippen molar-refractivity contribution in [3.63, 3.8) is 0 Å². The third-order valence-electron chi connectivity index (χ3n) is 2.87. The van der Waals surface area contributed by atoms with Crippen LogP contribution < -0.4 is 4.74 Å². The average molecular weight is 291 g/mol. The van der Waals surface area contributed by atoms with E-state index in [0.717, 1.165) is 23.4 Å². The Bertz CT molecular complexity index is 584. The Labute approximate surface area is 125 Å². The summed E-state index contributed by atoms with van der Waals surface area (Å²) < 4.78 is 5.64. The molecular formula is C16H19ClN2O. The van der Waals surface area contributed by atoms with Crippen molar-refractivity contribution in [3.8, 4) is 17.1 Å². The highest BCUT2D eigenvalue weighted by molar-refractivity contribution is 6.29. The second-order valence-electron chi connectivity index (χ2n) is 4.97. The van der Waals surface area contributed by atoms with E-state index < -0.39 is 0 Å². The van der Waals surface area contributed by atoms with Gasteiger partial charge in [-0.05, 0) is 30.5 Å². The van der Waals surface area contributed by atoms with Crippen LogP contribution in [0.2, 0.25) is 5.15 Å². The average Bonchev–Trinajstić information content (AvgIpc) is 2.44. The predicted molar refractivity (Wildman–Crippen MR) is 82.4 cm³/mol. The SMILES string of the molecule is CCCOc1cccc(-c2nc(Cl)cc(C(C)C)n2)c1. The second-order valence-corrected chi connectivity index (χ2v) is 5.36. The fraction of sp³-hybridized carbons (Fsp3) is 0.375.